The Bertz CT molecular complexity index is 303. The van der Waals surface area contributed by atoms with Crippen molar-refractivity contribution in [3.8, 4) is 0 Å². The lowest BCUT2D eigenvalue weighted by Gasteiger charge is -2.11. The van der Waals surface area contributed by atoms with Crippen LogP contribution in [0.3, 0.4) is 0 Å². The maximum atomic E-state index is 7.58. The topological polar surface area (TPSA) is 56.9 Å². The van der Waals surface area contributed by atoms with E-state index in [1.807, 2.05) is 0 Å². The zero-order valence-electron chi connectivity index (χ0n) is 9.18. The van der Waals surface area contributed by atoms with Crippen LogP contribution in [-0.2, 0) is 4.74 Å². The third-order valence-corrected chi connectivity index (χ3v) is 2.24. The summed E-state index contributed by atoms with van der Waals surface area (Å²) in [6, 6.07) is 0. The maximum Gasteiger partial charge on any atom is 0.146 e. The number of ether oxygens (including phenoxy) is 1. The molecule has 0 spiro atoms. The van der Waals surface area contributed by atoms with E-state index < -0.39 is 0 Å². The Morgan fingerprint density at radius 2 is 1.93 bits per heavy atom. The fourth-order valence-corrected chi connectivity index (χ4v) is 1.35. The minimum atomic E-state index is 0.362. The van der Waals surface area contributed by atoms with Gasteiger partial charge in [0.2, 0.25) is 0 Å². The second kappa shape index (κ2) is 6.17. The monoisotopic (exact) mass is 206 g/mol. The van der Waals surface area contributed by atoms with Crippen LogP contribution in [0, 0.1) is 10.8 Å². The van der Waals surface area contributed by atoms with Gasteiger partial charge in [-0.1, -0.05) is 26.2 Å². The third kappa shape index (κ3) is 4.11. The lowest BCUT2D eigenvalue weighted by atomic mass is 10.1. The van der Waals surface area contributed by atoms with Crippen LogP contribution in [0.4, 0.5) is 0 Å². The molecule has 82 valence electrons. The molecule has 0 saturated carbocycles. The zero-order chi connectivity index (χ0) is 11.1. The number of hydrogen-bond acceptors (Lipinski definition) is 3. The van der Waals surface area contributed by atoms with Gasteiger partial charge >= 0.3 is 0 Å². The van der Waals surface area contributed by atoms with Crippen LogP contribution in [0.5, 0.6) is 0 Å². The van der Waals surface area contributed by atoms with Crippen LogP contribution in [0.15, 0.2) is 24.0 Å². The molecule has 0 saturated heterocycles. The summed E-state index contributed by atoms with van der Waals surface area (Å²) in [7, 11) is 0. The summed E-state index contributed by atoms with van der Waals surface area (Å²) in [5, 5.41) is 15.0. The second-order valence-corrected chi connectivity index (χ2v) is 3.62. The van der Waals surface area contributed by atoms with Gasteiger partial charge in [0, 0.05) is 6.08 Å². The predicted octanol–water partition coefficient (Wildman–Crippen LogP) is 3.08. The highest BCUT2D eigenvalue weighted by Gasteiger charge is 2.08. The van der Waals surface area contributed by atoms with Crippen molar-refractivity contribution >= 4 is 11.4 Å². The summed E-state index contributed by atoms with van der Waals surface area (Å²) in [6.45, 7) is 2.82. The van der Waals surface area contributed by atoms with Crippen molar-refractivity contribution in [2.24, 2.45) is 0 Å². The Balaban J connectivity index is 2.26. The van der Waals surface area contributed by atoms with Crippen LogP contribution in [0.1, 0.15) is 32.6 Å². The van der Waals surface area contributed by atoms with E-state index in [9.17, 15) is 0 Å². The molecule has 0 aromatic heterocycles. The number of hydrogen-bond donors (Lipinski definition) is 2. The molecule has 0 bridgehead atoms. The largest absolute Gasteiger partial charge is 0.491 e. The first-order valence-corrected chi connectivity index (χ1v) is 5.44. The summed E-state index contributed by atoms with van der Waals surface area (Å²) in [4.78, 5) is 0. The Kier molecular flexibility index (Phi) is 4.81. The quantitative estimate of drug-likeness (QED) is 0.509. The van der Waals surface area contributed by atoms with Crippen LogP contribution in [-0.4, -0.2) is 18.0 Å². The van der Waals surface area contributed by atoms with Crippen molar-refractivity contribution in [1.29, 1.82) is 10.8 Å². The molecule has 15 heavy (non-hydrogen) atoms. The van der Waals surface area contributed by atoms with Crippen molar-refractivity contribution in [2.75, 3.05) is 6.61 Å². The zero-order valence-corrected chi connectivity index (χ0v) is 9.18. The molecule has 0 aromatic carbocycles. The lowest BCUT2D eigenvalue weighted by molar-refractivity contribution is 0.223. The average Bonchev–Trinajstić information content (AvgIpc) is 2.23. The van der Waals surface area contributed by atoms with Crippen molar-refractivity contribution < 1.29 is 4.74 Å². The van der Waals surface area contributed by atoms with Gasteiger partial charge in [0.25, 0.3) is 0 Å². The fourth-order valence-electron chi connectivity index (χ4n) is 1.35. The molecule has 0 amide bonds. The molecule has 0 heterocycles. The first-order valence-electron chi connectivity index (χ1n) is 5.44. The van der Waals surface area contributed by atoms with E-state index in [0.29, 0.717) is 23.8 Å². The Morgan fingerprint density at radius 3 is 2.67 bits per heavy atom. The van der Waals surface area contributed by atoms with Gasteiger partial charge in [0.05, 0.1) is 18.0 Å². The summed E-state index contributed by atoms with van der Waals surface area (Å²) in [5.74, 6) is 0.527. The fraction of sp³-hybridized carbons (Fsp3) is 0.500. The lowest BCUT2D eigenvalue weighted by Crippen LogP contribution is -2.10. The molecule has 3 nitrogen and oxygen atoms in total. The molecule has 0 atom stereocenters. The van der Waals surface area contributed by atoms with Gasteiger partial charge in [-0.3, -0.25) is 5.41 Å². The molecular weight excluding hydrogens is 188 g/mol. The molecule has 3 heteroatoms. The maximum absolute atomic E-state index is 7.58. The molecule has 0 radical (unpaired) electrons. The number of rotatable bonds is 6. The molecule has 0 aromatic rings. The Hall–Kier alpha value is -1.38. The van der Waals surface area contributed by atoms with Gasteiger partial charge < -0.3 is 10.1 Å². The van der Waals surface area contributed by atoms with E-state index in [1.54, 1.807) is 18.2 Å². The standard InChI is InChI=1S/C12H18N2O/c1-2-3-4-5-8-15-12-9-10(13)6-7-11(12)14/h6-7,9,13-14H,2-5,8H2,1H3. The summed E-state index contributed by atoms with van der Waals surface area (Å²) >= 11 is 0. The number of nitrogens with one attached hydrogen (secondary N) is 2. The number of allylic oxidation sites excluding steroid dienone is 3. The average molecular weight is 206 g/mol. The smallest absolute Gasteiger partial charge is 0.146 e. The SMILES string of the molecule is CCCCCCOC1=CC(=N)C=CC1=N. The first-order chi connectivity index (χ1) is 7.24. The second-order valence-electron chi connectivity index (χ2n) is 3.62. The molecule has 0 aliphatic heterocycles. The van der Waals surface area contributed by atoms with Gasteiger partial charge in [0.1, 0.15) is 5.76 Å². The molecule has 1 aliphatic rings. The van der Waals surface area contributed by atoms with Gasteiger partial charge in [0.15, 0.2) is 0 Å². The van der Waals surface area contributed by atoms with Crippen molar-refractivity contribution in [1.82, 2.24) is 0 Å². The highest BCUT2D eigenvalue weighted by Crippen LogP contribution is 2.09. The van der Waals surface area contributed by atoms with Crippen molar-refractivity contribution in [3.05, 3.63) is 24.0 Å². The van der Waals surface area contributed by atoms with E-state index in [0.717, 1.165) is 6.42 Å². The van der Waals surface area contributed by atoms with E-state index in [1.165, 1.54) is 19.3 Å². The van der Waals surface area contributed by atoms with Crippen LogP contribution < -0.4 is 0 Å². The minimum Gasteiger partial charge on any atom is -0.491 e. The third-order valence-electron chi connectivity index (χ3n) is 2.24. The molecule has 0 unspecified atom stereocenters. The van der Waals surface area contributed by atoms with Gasteiger partial charge in [-0.05, 0) is 18.6 Å². The van der Waals surface area contributed by atoms with Gasteiger partial charge in [-0.2, -0.15) is 0 Å². The van der Waals surface area contributed by atoms with Crippen LogP contribution >= 0.6 is 0 Å². The molecule has 0 fully saturated rings. The van der Waals surface area contributed by atoms with E-state index >= 15 is 0 Å². The first kappa shape index (κ1) is 11.7. The highest BCUT2D eigenvalue weighted by atomic mass is 16.5. The molecule has 2 N–H and O–H groups in total. The molecule has 1 rings (SSSR count). The predicted molar refractivity (Wildman–Crippen MR) is 62.8 cm³/mol. The Morgan fingerprint density at radius 1 is 1.13 bits per heavy atom. The van der Waals surface area contributed by atoms with Crippen LogP contribution in [0.25, 0.3) is 0 Å². The van der Waals surface area contributed by atoms with Crippen LogP contribution in [0.2, 0.25) is 0 Å². The highest BCUT2D eigenvalue weighted by molar-refractivity contribution is 6.18. The molecular formula is C12H18N2O. The summed E-state index contributed by atoms with van der Waals surface area (Å²) in [6.07, 6.45) is 9.44. The minimum absolute atomic E-state index is 0.362. The van der Waals surface area contributed by atoms with Gasteiger partial charge in [-0.25, -0.2) is 0 Å². The van der Waals surface area contributed by atoms with E-state index in [2.05, 4.69) is 6.92 Å². The van der Waals surface area contributed by atoms with E-state index in [-0.39, 0.29) is 0 Å². The number of unbranched alkanes of at least 4 members (excludes halogenated alkanes) is 3. The Labute approximate surface area is 90.9 Å². The molecule has 1 aliphatic carbocycles. The summed E-state index contributed by atoms with van der Waals surface area (Å²) < 4.78 is 5.46. The van der Waals surface area contributed by atoms with E-state index in [4.69, 9.17) is 15.6 Å². The summed E-state index contributed by atoms with van der Waals surface area (Å²) in [5.41, 5.74) is 0.760. The van der Waals surface area contributed by atoms with Gasteiger partial charge in [-0.15, -0.1) is 0 Å². The van der Waals surface area contributed by atoms with Crippen molar-refractivity contribution in [3.63, 3.8) is 0 Å². The normalized spacial score (nSPS) is 15.4. The van der Waals surface area contributed by atoms with Crippen molar-refractivity contribution in [2.45, 2.75) is 32.6 Å².